The molecule has 1 aliphatic heterocycles. The summed E-state index contributed by atoms with van der Waals surface area (Å²) in [6.45, 7) is 7.07. The summed E-state index contributed by atoms with van der Waals surface area (Å²) in [5, 5.41) is 3.95. The molecule has 2 heterocycles. The van der Waals surface area contributed by atoms with Crippen molar-refractivity contribution in [2.75, 3.05) is 24.5 Å². The SMILES string of the molecule is CC(C)CCNC(=O)c1ccc2ncnc(N3CCCC3)c2c1. The summed E-state index contributed by atoms with van der Waals surface area (Å²) in [5.41, 5.74) is 1.57. The third kappa shape index (κ3) is 3.60. The van der Waals surface area contributed by atoms with Crippen molar-refractivity contribution in [2.45, 2.75) is 33.1 Å². The van der Waals surface area contributed by atoms with Crippen LogP contribution in [0.5, 0.6) is 0 Å². The van der Waals surface area contributed by atoms with Crippen LogP contribution in [0.15, 0.2) is 24.5 Å². The number of nitrogens with zero attached hydrogens (tertiary/aromatic N) is 3. The Kier molecular flexibility index (Phi) is 4.74. The first-order valence-electron chi connectivity index (χ1n) is 8.43. The van der Waals surface area contributed by atoms with Gasteiger partial charge in [0.05, 0.1) is 5.52 Å². The van der Waals surface area contributed by atoms with Crippen LogP contribution in [-0.2, 0) is 0 Å². The van der Waals surface area contributed by atoms with Gasteiger partial charge >= 0.3 is 0 Å². The predicted molar refractivity (Wildman–Crippen MR) is 92.8 cm³/mol. The van der Waals surface area contributed by atoms with Gasteiger partial charge < -0.3 is 10.2 Å². The number of benzene rings is 1. The van der Waals surface area contributed by atoms with Crippen molar-refractivity contribution >= 4 is 22.6 Å². The number of amides is 1. The molecule has 0 aliphatic carbocycles. The van der Waals surface area contributed by atoms with Gasteiger partial charge in [-0.05, 0) is 43.4 Å². The van der Waals surface area contributed by atoms with E-state index in [4.69, 9.17) is 0 Å². The van der Waals surface area contributed by atoms with Crippen LogP contribution in [0.2, 0.25) is 0 Å². The normalized spacial score (nSPS) is 14.7. The summed E-state index contributed by atoms with van der Waals surface area (Å²) in [5.74, 6) is 1.51. The molecule has 23 heavy (non-hydrogen) atoms. The van der Waals surface area contributed by atoms with Crippen LogP contribution in [0.1, 0.15) is 43.5 Å². The quantitative estimate of drug-likeness (QED) is 0.922. The van der Waals surface area contributed by atoms with E-state index in [1.807, 2.05) is 18.2 Å². The fraction of sp³-hybridized carbons (Fsp3) is 0.500. The van der Waals surface area contributed by atoms with Gasteiger partial charge in [0.2, 0.25) is 0 Å². The molecule has 1 saturated heterocycles. The largest absolute Gasteiger partial charge is 0.356 e. The lowest BCUT2D eigenvalue weighted by molar-refractivity contribution is 0.0952. The summed E-state index contributed by atoms with van der Waals surface area (Å²) in [4.78, 5) is 23.4. The molecule has 1 aliphatic rings. The number of carbonyl (C=O) groups is 1. The summed E-state index contributed by atoms with van der Waals surface area (Å²) in [7, 11) is 0. The van der Waals surface area contributed by atoms with Crippen LogP contribution in [0.25, 0.3) is 10.9 Å². The number of hydrogen-bond donors (Lipinski definition) is 1. The average molecular weight is 312 g/mol. The molecule has 0 spiro atoms. The highest BCUT2D eigenvalue weighted by Gasteiger charge is 2.17. The molecule has 1 aromatic carbocycles. The number of fused-ring (bicyclic) bond motifs is 1. The van der Waals surface area contributed by atoms with Gasteiger partial charge in [-0.15, -0.1) is 0 Å². The van der Waals surface area contributed by atoms with E-state index in [0.717, 1.165) is 36.2 Å². The Morgan fingerprint density at radius 1 is 1.26 bits per heavy atom. The topological polar surface area (TPSA) is 58.1 Å². The first-order valence-corrected chi connectivity index (χ1v) is 8.43. The minimum absolute atomic E-state index is 0.0243. The molecular formula is C18H24N4O. The summed E-state index contributed by atoms with van der Waals surface area (Å²) < 4.78 is 0. The molecule has 3 rings (SSSR count). The Hall–Kier alpha value is -2.17. The third-order valence-electron chi connectivity index (χ3n) is 4.29. The van der Waals surface area contributed by atoms with Crippen molar-refractivity contribution in [3.05, 3.63) is 30.1 Å². The molecule has 1 aromatic heterocycles. The molecule has 0 radical (unpaired) electrons. The van der Waals surface area contributed by atoms with Crippen molar-refractivity contribution < 1.29 is 4.79 Å². The Labute approximate surface area is 137 Å². The van der Waals surface area contributed by atoms with Crippen molar-refractivity contribution in [3.63, 3.8) is 0 Å². The Bertz CT molecular complexity index is 692. The van der Waals surface area contributed by atoms with Gasteiger partial charge in [-0.1, -0.05) is 13.8 Å². The smallest absolute Gasteiger partial charge is 0.251 e. The van der Waals surface area contributed by atoms with E-state index in [2.05, 4.69) is 34.0 Å². The first kappa shape index (κ1) is 15.7. The third-order valence-corrected chi connectivity index (χ3v) is 4.29. The Balaban J connectivity index is 1.85. The molecule has 0 saturated carbocycles. The minimum Gasteiger partial charge on any atom is -0.356 e. The second-order valence-corrected chi connectivity index (χ2v) is 6.56. The van der Waals surface area contributed by atoms with Crippen LogP contribution in [0.4, 0.5) is 5.82 Å². The lowest BCUT2D eigenvalue weighted by atomic mass is 10.1. The van der Waals surface area contributed by atoms with E-state index in [0.29, 0.717) is 18.0 Å². The molecule has 0 unspecified atom stereocenters. The van der Waals surface area contributed by atoms with Crippen LogP contribution in [0, 0.1) is 5.92 Å². The van der Waals surface area contributed by atoms with E-state index in [1.54, 1.807) is 6.33 Å². The lowest BCUT2D eigenvalue weighted by Gasteiger charge is -2.18. The zero-order valence-electron chi connectivity index (χ0n) is 13.9. The van der Waals surface area contributed by atoms with Gasteiger partial charge in [0.1, 0.15) is 12.1 Å². The highest BCUT2D eigenvalue weighted by Crippen LogP contribution is 2.26. The fourth-order valence-corrected chi connectivity index (χ4v) is 2.94. The molecular weight excluding hydrogens is 288 g/mol. The first-order chi connectivity index (χ1) is 11.1. The van der Waals surface area contributed by atoms with Crippen LogP contribution >= 0.6 is 0 Å². The Morgan fingerprint density at radius 2 is 2.04 bits per heavy atom. The second-order valence-electron chi connectivity index (χ2n) is 6.56. The van der Waals surface area contributed by atoms with Gasteiger partial charge in [-0.25, -0.2) is 9.97 Å². The van der Waals surface area contributed by atoms with E-state index in [1.165, 1.54) is 12.8 Å². The van der Waals surface area contributed by atoms with Gasteiger partial charge in [-0.2, -0.15) is 0 Å². The minimum atomic E-state index is -0.0243. The maximum absolute atomic E-state index is 12.3. The molecule has 122 valence electrons. The van der Waals surface area contributed by atoms with Gasteiger partial charge in [-0.3, -0.25) is 4.79 Å². The standard InChI is InChI=1S/C18H24N4O/c1-13(2)7-8-19-18(23)14-5-6-16-15(11-14)17(21-12-20-16)22-9-3-4-10-22/h5-6,11-13H,3-4,7-10H2,1-2H3,(H,19,23). The van der Waals surface area contributed by atoms with Crippen molar-refractivity contribution in [1.29, 1.82) is 0 Å². The van der Waals surface area contributed by atoms with Crippen molar-refractivity contribution in [2.24, 2.45) is 5.92 Å². The van der Waals surface area contributed by atoms with Gasteiger partial charge in [0.15, 0.2) is 0 Å². The van der Waals surface area contributed by atoms with E-state index in [-0.39, 0.29) is 5.91 Å². The maximum atomic E-state index is 12.3. The molecule has 1 N–H and O–H groups in total. The zero-order chi connectivity index (χ0) is 16.2. The number of carbonyl (C=O) groups excluding carboxylic acids is 1. The second kappa shape index (κ2) is 6.94. The van der Waals surface area contributed by atoms with Crippen LogP contribution in [0.3, 0.4) is 0 Å². The summed E-state index contributed by atoms with van der Waals surface area (Å²) in [6.07, 6.45) is 4.99. The van der Waals surface area contributed by atoms with Gasteiger partial charge in [0.25, 0.3) is 5.91 Å². The Morgan fingerprint density at radius 3 is 2.78 bits per heavy atom. The molecule has 5 heteroatoms. The number of anilines is 1. The molecule has 5 nitrogen and oxygen atoms in total. The highest BCUT2D eigenvalue weighted by molar-refractivity contribution is 6.00. The van der Waals surface area contributed by atoms with Gasteiger partial charge in [0, 0.05) is 30.6 Å². The maximum Gasteiger partial charge on any atom is 0.251 e. The molecule has 1 amide bonds. The lowest BCUT2D eigenvalue weighted by Crippen LogP contribution is -2.25. The zero-order valence-corrected chi connectivity index (χ0v) is 13.9. The van der Waals surface area contributed by atoms with Crippen LogP contribution < -0.4 is 10.2 Å². The predicted octanol–water partition coefficient (Wildman–Crippen LogP) is 3.01. The van der Waals surface area contributed by atoms with E-state index >= 15 is 0 Å². The molecule has 0 atom stereocenters. The number of aromatic nitrogens is 2. The summed E-state index contributed by atoms with van der Waals surface area (Å²) >= 11 is 0. The van der Waals surface area contributed by atoms with Crippen LogP contribution in [-0.4, -0.2) is 35.5 Å². The highest BCUT2D eigenvalue weighted by atomic mass is 16.1. The summed E-state index contributed by atoms with van der Waals surface area (Å²) in [6, 6.07) is 5.68. The van der Waals surface area contributed by atoms with Crippen molar-refractivity contribution in [1.82, 2.24) is 15.3 Å². The molecule has 1 fully saturated rings. The molecule has 0 bridgehead atoms. The number of rotatable bonds is 5. The van der Waals surface area contributed by atoms with Crippen molar-refractivity contribution in [3.8, 4) is 0 Å². The average Bonchev–Trinajstić information content (AvgIpc) is 3.07. The van der Waals surface area contributed by atoms with E-state index in [9.17, 15) is 4.79 Å². The monoisotopic (exact) mass is 312 g/mol. The number of hydrogen-bond acceptors (Lipinski definition) is 4. The fourth-order valence-electron chi connectivity index (χ4n) is 2.94. The molecule has 2 aromatic rings. The number of nitrogens with one attached hydrogen (secondary N) is 1. The van der Waals surface area contributed by atoms with E-state index < -0.39 is 0 Å².